The van der Waals surface area contributed by atoms with Crippen LogP contribution in [-0.4, -0.2) is 26.0 Å². The summed E-state index contributed by atoms with van der Waals surface area (Å²) in [4.78, 5) is 21.6. The fourth-order valence-corrected chi connectivity index (χ4v) is 2.54. The Balaban J connectivity index is 0.000000504. The van der Waals surface area contributed by atoms with Crippen LogP contribution >= 0.6 is 11.6 Å². The van der Waals surface area contributed by atoms with Crippen molar-refractivity contribution in [3.8, 4) is 11.5 Å². The number of amides is 2. The summed E-state index contributed by atoms with van der Waals surface area (Å²) in [6, 6.07) is 9.20. The third-order valence-corrected chi connectivity index (χ3v) is 3.71. The van der Waals surface area contributed by atoms with Gasteiger partial charge in [0.2, 0.25) is 11.8 Å². The van der Waals surface area contributed by atoms with E-state index < -0.39 is 0 Å². The molecule has 0 bridgehead atoms. The van der Waals surface area contributed by atoms with Crippen LogP contribution < -0.4 is 20.1 Å². The van der Waals surface area contributed by atoms with Gasteiger partial charge in [-0.25, -0.2) is 0 Å². The highest BCUT2D eigenvalue weighted by atomic mass is 35.5. The van der Waals surface area contributed by atoms with Crippen molar-refractivity contribution in [1.29, 1.82) is 0 Å². The normalized spacial score (nSPS) is 9.25. The van der Waals surface area contributed by atoms with Crippen LogP contribution in [0.2, 0.25) is 5.02 Å². The van der Waals surface area contributed by atoms with E-state index in [4.69, 9.17) is 21.1 Å². The number of aryl methyl sites for hydroxylation is 2. The van der Waals surface area contributed by atoms with Crippen molar-refractivity contribution in [2.24, 2.45) is 0 Å². The van der Waals surface area contributed by atoms with E-state index in [1.54, 1.807) is 19.2 Å². The van der Waals surface area contributed by atoms with Crippen LogP contribution in [0.1, 0.15) is 32.4 Å². The zero-order valence-electron chi connectivity index (χ0n) is 16.4. The molecular weight excluding hydrogens is 380 g/mol. The molecule has 28 heavy (non-hydrogen) atoms. The molecule has 2 amide bonds. The Bertz CT molecular complexity index is 822. The maximum Gasteiger partial charge on any atom is 0.221 e. The quantitative estimate of drug-likeness (QED) is 0.727. The van der Waals surface area contributed by atoms with Gasteiger partial charge in [-0.2, -0.15) is 0 Å². The number of carbonyl (C=O) groups is 2. The Morgan fingerprint density at radius 3 is 1.93 bits per heavy atom. The van der Waals surface area contributed by atoms with Crippen molar-refractivity contribution in [2.75, 3.05) is 24.9 Å². The number of carbonyl (C=O) groups excluding carboxylic acids is 2. The zero-order chi connectivity index (χ0) is 20.6. The van der Waals surface area contributed by atoms with Crippen LogP contribution in [0.25, 0.3) is 0 Å². The highest BCUT2D eigenvalue weighted by molar-refractivity contribution is 6.35. The summed E-state index contributed by atoms with van der Waals surface area (Å²) in [6.45, 7) is 6.78. The van der Waals surface area contributed by atoms with Crippen molar-refractivity contribution >= 4 is 34.8 Å². The van der Waals surface area contributed by atoms with Crippen molar-refractivity contribution in [2.45, 2.75) is 35.1 Å². The van der Waals surface area contributed by atoms with Gasteiger partial charge in [0.15, 0.2) is 0 Å². The minimum atomic E-state index is -0.153. The smallest absolute Gasteiger partial charge is 0.221 e. The number of rotatable bonds is 4. The Morgan fingerprint density at radius 1 is 0.857 bits per heavy atom. The molecule has 0 aromatic heterocycles. The van der Waals surface area contributed by atoms with Crippen LogP contribution in [0.15, 0.2) is 30.3 Å². The van der Waals surface area contributed by atoms with E-state index in [9.17, 15) is 9.59 Å². The third-order valence-electron chi connectivity index (χ3n) is 3.32. The average molecular weight is 409 g/mol. The van der Waals surface area contributed by atoms with Crippen LogP contribution in [-0.2, 0) is 9.59 Å². The molecule has 0 unspecified atom stereocenters. The number of hydrogen-bond donors (Lipinski definition) is 2. The van der Waals surface area contributed by atoms with Gasteiger partial charge < -0.3 is 20.1 Å². The van der Waals surface area contributed by atoms with Gasteiger partial charge in [0.1, 0.15) is 16.5 Å². The summed E-state index contributed by atoms with van der Waals surface area (Å²) in [5, 5.41) is 5.76. The lowest BCUT2D eigenvalue weighted by atomic mass is 10.2. The van der Waals surface area contributed by atoms with Crippen LogP contribution in [0, 0.1) is 13.8 Å². The maximum atomic E-state index is 10.9. The summed E-state index contributed by atoms with van der Waals surface area (Å²) < 4.78 is 10.1. The van der Waals surface area contributed by atoms with E-state index in [1.807, 2.05) is 32.0 Å². The predicted octanol–water partition coefficient (Wildman–Crippen LogP) is 5.21. The van der Waals surface area contributed by atoms with Gasteiger partial charge in [0.05, 0.1) is 19.9 Å². The molecule has 6 nitrogen and oxygen atoms in total. The van der Waals surface area contributed by atoms with E-state index in [1.165, 1.54) is 21.0 Å². The zero-order valence-corrected chi connectivity index (χ0v) is 17.2. The lowest BCUT2D eigenvalue weighted by Gasteiger charge is -2.10. The highest BCUT2D eigenvalue weighted by Gasteiger charge is 2.08. The topological polar surface area (TPSA) is 76.7 Å². The third kappa shape index (κ3) is 8.31. The van der Waals surface area contributed by atoms with Gasteiger partial charge >= 0.3 is 0 Å². The second kappa shape index (κ2) is 11.9. The second-order valence-corrected chi connectivity index (χ2v) is 6.31. The molecule has 0 fully saturated rings. The Morgan fingerprint density at radius 2 is 1.43 bits per heavy atom. The Kier molecular flexibility index (Phi) is 10.7. The Hall–Kier alpha value is -2.73. The monoisotopic (exact) mass is 408 g/mol. The van der Waals surface area contributed by atoms with Crippen molar-refractivity contribution in [3.63, 3.8) is 0 Å². The molecule has 0 aliphatic heterocycles. The van der Waals surface area contributed by atoms with Gasteiger partial charge in [0, 0.05) is 25.6 Å². The summed E-state index contributed by atoms with van der Waals surface area (Å²) in [6.07, 6.45) is 0. The van der Waals surface area contributed by atoms with E-state index in [2.05, 4.69) is 10.6 Å². The van der Waals surface area contributed by atoms with E-state index in [0.717, 1.165) is 22.6 Å². The summed E-state index contributed by atoms with van der Waals surface area (Å²) in [5.74, 6) is 1.09. The standard InChI is InChI=1S/C10H12ClNO2.C10H13NO2.CH4/c1-6-4-8(12-7(2)13)10(11)9(5-6)14-3;1-7-4-9(11-8(2)12)6-10(5-7)13-3;/h4-5H,1-3H3,(H,12,13);4-6H,1-3H3,(H,11,12);1H4. The van der Waals surface area contributed by atoms with Gasteiger partial charge in [-0.3, -0.25) is 9.59 Å². The van der Waals surface area contributed by atoms with Gasteiger partial charge in [-0.15, -0.1) is 0 Å². The molecule has 0 spiro atoms. The average Bonchev–Trinajstić information content (AvgIpc) is 2.56. The first-order chi connectivity index (χ1) is 12.7. The minimum Gasteiger partial charge on any atom is -0.497 e. The molecular formula is C21H29ClN2O4. The molecule has 0 atom stereocenters. The maximum absolute atomic E-state index is 10.9. The first-order valence-corrected chi connectivity index (χ1v) is 8.59. The molecule has 0 radical (unpaired) electrons. The molecule has 0 heterocycles. The van der Waals surface area contributed by atoms with Gasteiger partial charge in [-0.1, -0.05) is 19.0 Å². The molecule has 0 aliphatic rings. The number of hydrogen-bond acceptors (Lipinski definition) is 4. The minimum absolute atomic E-state index is 0. The fourth-order valence-electron chi connectivity index (χ4n) is 2.31. The number of methoxy groups -OCH3 is 2. The summed E-state index contributed by atoms with van der Waals surface area (Å²) in [7, 11) is 3.14. The summed E-state index contributed by atoms with van der Waals surface area (Å²) >= 11 is 5.99. The first-order valence-electron chi connectivity index (χ1n) is 8.21. The fraction of sp³-hybridized carbons (Fsp3) is 0.333. The second-order valence-electron chi connectivity index (χ2n) is 5.93. The lowest BCUT2D eigenvalue weighted by Crippen LogP contribution is -2.06. The molecule has 2 rings (SSSR count). The highest BCUT2D eigenvalue weighted by Crippen LogP contribution is 2.33. The molecule has 154 valence electrons. The van der Waals surface area contributed by atoms with Crippen molar-refractivity contribution in [3.05, 3.63) is 46.5 Å². The summed E-state index contributed by atoms with van der Waals surface area (Å²) in [5.41, 5.74) is 3.39. The number of halogens is 1. The first kappa shape index (κ1) is 25.3. The van der Waals surface area contributed by atoms with E-state index >= 15 is 0 Å². The number of anilines is 2. The van der Waals surface area contributed by atoms with E-state index in [-0.39, 0.29) is 19.2 Å². The van der Waals surface area contributed by atoms with Gasteiger partial charge in [0.25, 0.3) is 0 Å². The van der Waals surface area contributed by atoms with Gasteiger partial charge in [-0.05, 0) is 49.2 Å². The van der Waals surface area contributed by atoms with Crippen LogP contribution in [0.5, 0.6) is 11.5 Å². The largest absolute Gasteiger partial charge is 0.497 e. The molecule has 0 aliphatic carbocycles. The van der Waals surface area contributed by atoms with Crippen molar-refractivity contribution < 1.29 is 19.1 Å². The molecule has 2 N–H and O–H groups in total. The number of ether oxygens (including phenoxy) is 2. The molecule has 2 aromatic carbocycles. The molecule has 0 saturated carbocycles. The molecule has 2 aromatic rings. The van der Waals surface area contributed by atoms with Crippen molar-refractivity contribution in [1.82, 2.24) is 0 Å². The molecule has 7 heteroatoms. The van der Waals surface area contributed by atoms with E-state index in [0.29, 0.717) is 16.5 Å². The number of nitrogens with one attached hydrogen (secondary N) is 2. The predicted molar refractivity (Wildman–Crippen MR) is 116 cm³/mol. The SMILES string of the molecule is C.COc1cc(C)cc(NC(C)=O)c1.COc1cc(C)cc(NC(C)=O)c1Cl. The van der Waals surface area contributed by atoms with Crippen LogP contribution in [0.4, 0.5) is 11.4 Å². The lowest BCUT2D eigenvalue weighted by molar-refractivity contribution is -0.115. The molecule has 0 saturated heterocycles. The Labute approximate surface area is 172 Å². The number of benzene rings is 2. The van der Waals surface area contributed by atoms with Crippen LogP contribution in [0.3, 0.4) is 0 Å².